The van der Waals surface area contributed by atoms with Crippen molar-refractivity contribution in [2.45, 2.75) is 483 Å². The Bertz CT molecular complexity index is 2160. The summed E-state index contributed by atoms with van der Waals surface area (Å²) in [6, 6.07) is 0. The summed E-state index contributed by atoms with van der Waals surface area (Å²) in [7, 11) is -9.94. The molecular formula is C90H172O17P2. The van der Waals surface area contributed by atoms with Crippen LogP contribution in [0, 0.1) is 5.92 Å². The summed E-state index contributed by atoms with van der Waals surface area (Å²) in [6.07, 6.45) is 80.0. The van der Waals surface area contributed by atoms with Crippen molar-refractivity contribution in [3.63, 3.8) is 0 Å². The molecule has 0 radical (unpaired) electrons. The molecule has 0 spiro atoms. The number of hydrogen-bond acceptors (Lipinski definition) is 15. The second-order valence-corrected chi connectivity index (χ2v) is 34.8. The molecule has 19 heteroatoms. The van der Waals surface area contributed by atoms with Crippen LogP contribution in [-0.4, -0.2) is 96.7 Å². The number of esters is 4. The van der Waals surface area contributed by atoms with E-state index in [4.69, 9.17) is 37.0 Å². The highest BCUT2D eigenvalue weighted by Crippen LogP contribution is 2.45. The zero-order valence-electron chi connectivity index (χ0n) is 71.2. The Kier molecular flexibility index (Phi) is 80.2. The lowest BCUT2D eigenvalue weighted by Crippen LogP contribution is -2.30. The van der Waals surface area contributed by atoms with Crippen LogP contribution < -0.4 is 0 Å². The van der Waals surface area contributed by atoms with Gasteiger partial charge in [-0.05, 0) is 57.3 Å². The maximum atomic E-state index is 13.2. The van der Waals surface area contributed by atoms with Crippen LogP contribution in [0.1, 0.15) is 465 Å². The van der Waals surface area contributed by atoms with E-state index in [-0.39, 0.29) is 25.7 Å². The van der Waals surface area contributed by atoms with Crippen LogP contribution >= 0.6 is 15.6 Å². The summed E-state index contributed by atoms with van der Waals surface area (Å²) < 4.78 is 68.9. The monoisotopic (exact) mass is 1590 g/mol. The van der Waals surface area contributed by atoms with Gasteiger partial charge in [-0.3, -0.25) is 37.3 Å². The number of carbonyl (C=O) groups excluding carboxylic acids is 4. The van der Waals surface area contributed by atoms with Crippen molar-refractivity contribution in [1.29, 1.82) is 0 Å². The van der Waals surface area contributed by atoms with Gasteiger partial charge in [0.1, 0.15) is 19.3 Å². The molecule has 0 heterocycles. The van der Waals surface area contributed by atoms with Gasteiger partial charge in [0.15, 0.2) is 12.2 Å². The van der Waals surface area contributed by atoms with Crippen molar-refractivity contribution in [3.8, 4) is 0 Å². The molecule has 109 heavy (non-hydrogen) atoms. The van der Waals surface area contributed by atoms with Gasteiger partial charge in [0.25, 0.3) is 0 Å². The molecule has 0 aliphatic rings. The molecule has 0 fully saturated rings. The summed E-state index contributed by atoms with van der Waals surface area (Å²) in [5.41, 5.74) is 0. The number of phosphoric acid groups is 2. The van der Waals surface area contributed by atoms with Crippen LogP contribution in [0.4, 0.5) is 0 Å². The zero-order chi connectivity index (χ0) is 79.7. The fourth-order valence-corrected chi connectivity index (χ4v) is 15.2. The third kappa shape index (κ3) is 81.9. The quantitative estimate of drug-likeness (QED) is 0.0169. The van der Waals surface area contributed by atoms with Gasteiger partial charge >= 0.3 is 39.5 Å². The standard InChI is InChI=1S/C90H172O17P2/c1-6-10-13-16-19-22-25-27-29-30-31-32-33-37-41-44-49-54-59-64-69-74-88(93)101-80-86(107-90(95)76-71-66-61-56-51-46-42-38-35-34-36-40-43-48-52-57-62-67-72-83(5)9-4)82-105-109(98,99)103-78-84(91)77-102-108(96,97)104-81-85(79-100-87(92)73-68-63-58-53-47-24-21-18-15-12-8-3)106-89(94)75-70-65-60-55-50-45-39-28-26-23-20-17-14-11-7-2/h23,26,28,39,83-86,91H,6-22,24-25,27,29-38,40-82H2,1-5H3,(H,96,97)(H,98,99)/b26-23-,39-28-/t83?,84-,85+,86+/m0/s1. The molecule has 0 amide bonds. The lowest BCUT2D eigenvalue weighted by atomic mass is 9.99. The second kappa shape index (κ2) is 82.1. The van der Waals surface area contributed by atoms with Crippen LogP contribution in [0.5, 0.6) is 0 Å². The molecule has 17 nitrogen and oxygen atoms in total. The molecule has 3 N–H and O–H groups in total. The van der Waals surface area contributed by atoms with Crippen LogP contribution in [0.3, 0.4) is 0 Å². The Labute approximate surface area is 669 Å². The summed E-state index contributed by atoms with van der Waals surface area (Å²) in [6.45, 7) is 7.38. The van der Waals surface area contributed by atoms with Crippen LogP contribution in [0.2, 0.25) is 0 Å². The first kappa shape index (κ1) is 107. The Morgan fingerprint density at radius 3 is 0.780 bits per heavy atom. The van der Waals surface area contributed by atoms with E-state index in [0.717, 1.165) is 109 Å². The molecule has 0 aromatic carbocycles. The van der Waals surface area contributed by atoms with E-state index in [1.165, 1.54) is 276 Å². The first-order chi connectivity index (χ1) is 53.1. The smallest absolute Gasteiger partial charge is 0.462 e. The second-order valence-electron chi connectivity index (χ2n) is 31.9. The highest BCUT2D eigenvalue weighted by Gasteiger charge is 2.30. The number of rotatable bonds is 88. The SMILES string of the molecule is CCCCCC/C=C\C=C/CCCCCCCC(=O)O[C@H](COC(=O)CCCCCCCCCCCCC)COP(=O)(O)OC[C@H](O)COP(=O)(O)OC[C@@H](COC(=O)CCCCCCCCCCCCCCCCCCCCCCC)OC(=O)CCCCCCCCCCCCCCCCCCCCC(C)CC. The first-order valence-electron chi connectivity index (χ1n) is 46.0. The minimum atomic E-state index is -4.97. The number of aliphatic hydroxyl groups excluding tert-OH is 1. The lowest BCUT2D eigenvalue weighted by Gasteiger charge is -2.21. The summed E-state index contributed by atoms with van der Waals surface area (Å²) in [5, 5.41) is 10.7. The fraction of sp³-hybridized carbons (Fsp3) is 0.911. The van der Waals surface area contributed by atoms with Crippen LogP contribution in [0.15, 0.2) is 24.3 Å². The van der Waals surface area contributed by atoms with Gasteiger partial charge in [0.05, 0.1) is 26.4 Å². The molecule has 644 valence electrons. The molecule has 0 aromatic rings. The largest absolute Gasteiger partial charge is 0.472 e. The molecule has 0 bridgehead atoms. The lowest BCUT2D eigenvalue weighted by molar-refractivity contribution is -0.161. The number of phosphoric ester groups is 2. The zero-order valence-corrected chi connectivity index (χ0v) is 73.0. The topological polar surface area (TPSA) is 237 Å². The van der Waals surface area contributed by atoms with E-state index in [1.54, 1.807) is 0 Å². The highest BCUT2D eigenvalue weighted by molar-refractivity contribution is 7.47. The number of carbonyl (C=O) groups is 4. The molecular weight excluding hydrogens is 1410 g/mol. The summed E-state index contributed by atoms with van der Waals surface area (Å²) in [5.74, 6) is -1.26. The summed E-state index contributed by atoms with van der Waals surface area (Å²) in [4.78, 5) is 73.3. The molecule has 0 aliphatic carbocycles. The number of hydrogen-bond donors (Lipinski definition) is 3. The number of ether oxygens (including phenoxy) is 4. The summed E-state index contributed by atoms with van der Waals surface area (Å²) >= 11 is 0. The van der Waals surface area contributed by atoms with Crippen molar-refractivity contribution in [3.05, 3.63) is 24.3 Å². The first-order valence-corrected chi connectivity index (χ1v) is 49.0. The molecule has 3 unspecified atom stereocenters. The average Bonchev–Trinajstić information content (AvgIpc) is 0.899. The van der Waals surface area contributed by atoms with Crippen molar-refractivity contribution < 1.29 is 80.2 Å². The maximum Gasteiger partial charge on any atom is 0.472 e. The minimum Gasteiger partial charge on any atom is -0.462 e. The van der Waals surface area contributed by atoms with Gasteiger partial charge in [0.2, 0.25) is 0 Å². The molecule has 6 atom stereocenters. The third-order valence-corrected chi connectivity index (χ3v) is 22.9. The molecule has 0 saturated heterocycles. The van der Waals surface area contributed by atoms with Crippen LogP contribution in [0.25, 0.3) is 0 Å². The average molecular weight is 1590 g/mol. The predicted molar refractivity (Wildman–Crippen MR) is 451 cm³/mol. The van der Waals surface area contributed by atoms with Crippen molar-refractivity contribution in [1.82, 2.24) is 0 Å². The Balaban J connectivity index is 5.25. The Morgan fingerprint density at radius 2 is 0.514 bits per heavy atom. The van der Waals surface area contributed by atoms with E-state index in [1.807, 2.05) is 0 Å². The van der Waals surface area contributed by atoms with Crippen molar-refractivity contribution in [2.24, 2.45) is 5.92 Å². The highest BCUT2D eigenvalue weighted by atomic mass is 31.2. The normalized spacial score (nSPS) is 14.1. The van der Waals surface area contributed by atoms with Gasteiger partial charge in [-0.25, -0.2) is 9.13 Å². The molecule has 0 rings (SSSR count). The van der Waals surface area contributed by atoms with Gasteiger partial charge in [0, 0.05) is 25.7 Å². The van der Waals surface area contributed by atoms with E-state index in [9.17, 15) is 43.2 Å². The van der Waals surface area contributed by atoms with Crippen molar-refractivity contribution >= 4 is 39.5 Å². The van der Waals surface area contributed by atoms with Gasteiger partial charge in [-0.1, -0.05) is 412 Å². The minimum absolute atomic E-state index is 0.0858. The van der Waals surface area contributed by atoms with Crippen LogP contribution in [-0.2, 0) is 65.4 Å². The van der Waals surface area contributed by atoms with Gasteiger partial charge in [-0.15, -0.1) is 0 Å². The van der Waals surface area contributed by atoms with Crippen molar-refractivity contribution in [2.75, 3.05) is 39.6 Å². The predicted octanol–water partition coefficient (Wildman–Crippen LogP) is 27.5. The molecule has 0 saturated carbocycles. The van der Waals surface area contributed by atoms with E-state index in [0.29, 0.717) is 25.7 Å². The molecule has 0 aromatic heterocycles. The maximum absolute atomic E-state index is 13.2. The van der Waals surface area contributed by atoms with Gasteiger partial charge in [-0.2, -0.15) is 0 Å². The van der Waals surface area contributed by atoms with E-state index < -0.39 is 97.5 Å². The Hall–Kier alpha value is -2.46. The fourth-order valence-electron chi connectivity index (χ4n) is 13.6. The number of allylic oxidation sites excluding steroid dienone is 4. The van der Waals surface area contributed by atoms with Gasteiger partial charge < -0.3 is 33.8 Å². The van der Waals surface area contributed by atoms with E-state index >= 15 is 0 Å². The third-order valence-electron chi connectivity index (χ3n) is 21.0. The number of unbranched alkanes of at least 4 members (excludes halogenated alkanes) is 56. The number of aliphatic hydroxyl groups is 1. The van der Waals surface area contributed by atoms with E-state index in [2.05, 4.69) is 58.9 Å². The molecule has 0 aliphatic heterocycles. The Morgan fingerprint density at radius 1 is 0.294 bits per heavy atom.